The molecule has 0 spiro atoms. The third-order valence-corrected chi connectivity index (χ3v) is 3.88. The van der Waals surface area contributed by atoms with Crippen molar-refractivity contribution in [3.8, 4) is 0 Å². The number of hydrogen-bond acceptors (Lipinski definition) is 2. The molecule has 2 fully saturated rings. The summed E-state index contributed by atoms with van der Waals surface area (Å²) < 4.78 is 0. The van der Waals surface area contributed by atoms with E-state index in [1.165, 1.54) is 6.42 Å². The molecular weight excluding hydrogens is 236 g/mol. The van der Waals surface area contributed by atoms with Crippen molar-refractivity contribution in [2.45, 2.75) is 19.0 Å². The van der Waals surface area contributed by atoms with Crippen LogP contribution >= 0.6 is 11.6 Å². The molecule has 1 heterocycles. The van der Waals surface area contributed by atoms with Crippen molar-refractivity contribution in [2.75, 3.05) is 6.54 Å². The third kappa shape index (κ3) is 2.31. The van der Waals surface area contributed by atoms with Crippen LogP contribution < -0.4 is 10.6 Å². The number of nitrogens with one attached hydrogen (secondary N) is 2. The van der Waals surface area contributed by atoms with Gasteiger partial charge in [0.05, 0.1) is 6.04 Å². The minimum atomic E-state index is 0.0270. The lowest BCUT2D eigenvalue weighted by molar-refractivity contribution is -0.123. The number of halogens is 1. The number of rotatable bonds is 3. The number of benzene rings is 1. The van der Waals surface area contributed by atoms with Crippen molar-refractivity contribution in [3.63, 3.8) is 0 Å². The second-order valence-electron chi connectivity index (χ2n) is 4.89. The summed E-state index contributed by atoms with van der Waals surface area (Å²) in [5.74, 6) is 1.45. The van der Waals surface area contributed by atoms with E-state index in [0.717, 1.165) is 18.0 Å². The molecule has 1 saturated carbocycles. The van der Waals surface area contributed by atoms with E-state index in [1.54, 1.807) is 0 Å². The highest BCUT2D eigenvalue weighted by atomic mass is 35.5. The fourth-order valence-corrected chi connectivity index (χ4v) is 2.79. The molecule has 3 unspecified atom stereocenters. The zero-order valence-corrected chi connectivity index (χ0v) is 10.2. The van der Waals surface area contributed by atoms with Crippen molar-refractivity contribution in [2.24, 2.45) is 11.8 Å². The van der Waals surface area contributed by atoms with Gasteiger partial charge < -0.3 is 10.6 Å². The highest BCUT2D eigenvalue weighted by Crippen LogP contribution is 2.44. The molecule has 3 atom stereocenters. The van der Waals surface area contributed by atoms with Gasteiger partial charge in [0, 0.05) is 11.6 Å². The molecule has 1 aromatic rings. The SMILES string of the molecule is O=C(NCc1cccc(Cl)c1)C1NCC2CC21. The monoisotopic (exact) mass is 250 g/mol. The maximum Gasteiger partial charge on any atom is 0.237 e. The molecule has 3 rings (SSSR count). The molecule has 1 aliphatic carbocycles. The zero-order chi connectivity index (χ0) is 11.8. The van der Waals surface area contributed by atoms with Crippen LogP contribution in [0.25, 0.3) is 0 Å². The maximum atomic E-state index is 11.9. The van der Waals surface area contributed by atoms with E-state index in [2.05, 4.69) is 10.6 Å². The Bertz CT molecular complexity index is 449. The van der Waals surface area contributed by atoms with Gasteiger partial charge in [0.2, 0.25) is 5.91 Å². The fraction of sp³-hybridized carbons (Fsp3) is 0.462. The molecule has 1 aliphatic heterocycles. The van der Waals surface area contributed by atoms with Gasteiger partial charge in [-0.1, -0.05) is 23.7 Å². The molecule has 3 nitrogen and oxygen atoms in total. The molecule has 90 valence electrons. The molecule has 2 aliphatic rings. The lowest BCUT2D eigenvalue weighted by atomic mass is 10.1. The molecule has 0 bridgehead atoms. The van der Waals surface area contributed by atoms with E-state index in [9.17, 15) is 4.79 Å². The van der Waals surface area contributed by atoms with Crippen molar-refractivity contribution >= 4 is 17.5 Å². The Morgan fingerprint density at radius 2 is 2.41 bits per heavy atom. The lowest BCUT2D eigenvalue weighted by Gasteiger charge is -2.13. The van der Waals surface area contributed by atoms with Crippen LogP contribution in [0.3, 0.4) is 0 Å². The Labute approximate surface area is 106 Å². The smallest absolute Gasteiger partial charge is 0.237 e. The Hall–Kier alpha value is -1.06. The average molecular weight is 251 g/mol. The van der Waals surface area contributed by atoms with Gasteiger partial charge in [-0.05, 0) is 42.5 Å². The summed E-state index contributed by atoms with van der Waals surface area (Å²) in [6, 6.07) is 7.60. The van der Waals surface area contributed by atoms with E-state index in [4.69, 9.17) is 11.6 Å². The van der Waals surface area contributed by atoms with Crippen LogP contribution in [-0.4, -0.2) is 18.5 Å². The predicted molar refractivity (Wildman–Crippen MR) is 66.7 cm³/mol. The van der Waals surface area contributed by atoms with E-state index in [0.29, 0.717) is 17.5 Å². The van der Waals surface area contributed by atoms with Crippen LogP contribution in [0.5, 0.6) is 0 Å². The van der Waals surface area contributed by atoms with Crippen LogP contribution in [0.2, 0.25) is 5.02 Å². The number of hydrogen-bond donors (Lipinski definition) is 2. The molecule has 1 saturated heterocycles. The van der Waals surface area contributed by atoms with E-state index >= 15 is 0 Å². The van der Waals surface area contributed by atoms with E-state index < -0.39 is 0 Å². The highest BCUT2D eigenvalue weighted by molar-refractivity contribution is 6.30. The molecule has 2 N–H and O–H groups in total. The summed E-state index contributed by atoms with van der Waals surface area (Å²) in [6.45, 7) is 1.55. The van der Waals surface area contributed by atoms with Crippen LogP contribution in [-0.2, 0) is 11.3 Å². The van der Waals surface area contributed by atoms with Crippen molar-refractivity contribution in [1.82, 2.24) is 10.6 Å². The van der Waals surface area contributed by atoms with Gasteiger partial charge in [-0.15, -0.1) is 0 Å². The average Bonchev–Trinajstić information content (AvgIpc) is 2.98. The first-order valence-electron chi connectivity index (χ1n) is 5.99. The Balaban J connectivity index is 1.55. The number of carbonyl (C=O) groups is 1. The molecule has 4 heteroatoms. The third-order valence-electron chi connectivity index (χ3n) is 3.64. The summed E-state index contributed by atoms with van der Waals surface area (Å²) in [6.07, 6.45) is 1.21. The number of fused-ring (bicyclic) bond motifs is 1. The van der Waals surface area contributed by atoms with Crippen molar-refractivity contribution in [3.05, 3.63) is 34.9 Å². The quantitative estimate of drug-likeness (QED) is 0.855. The summed E-state index contributed by atoms with van der Waals surface area (Å²) >= 11 is 5.89. The number of amides is 1. The van der Waals surface area contributed by atoms with Crippen LogP contribution in [0.15, 0.2) is 24.3 Å². The van der Waals surface area contributed by atoms with Crippen LogP contribution in [0.1, 0.15) is 12.0 Å². The summed E-state index contributed by atoms with van der Waals surface area (Å²) in [5.41, 5.74) is 1.04. The van der Waals surface area contributed by atoms with Gasteiger partial charge in [-0.2, -0.15) is 0 Å². The summed E-state index contributed by atoms with van der Waals surface area (Å²) in [5, 5.41) is 6.94. The van der Waals surface area contributed by atoms with Gasteiger partial charge in [-0.25, -0.2) is 0 Å². The second kappa shape index (κ2) is 4.31. The van der Waals surface area contributed by atoms with Gasteiger partial charge in [0.1, 0.15) is 0 Å². The van der Waals surface area contributed by atoms with Gasteiger partial charge in [-0.3, -0.25) is 4.79 Å². The lowest BCUT2D eigenvalue weighted by Crippen LogP contribution is -2.42. The highest BCUT2D eigenvalue weighted by Gasteiger charge is 2.50. The van der Waals surface area contributed by atoms with Crippen LogP contribution in [0, 0.1) is 11.8 Å². The largest absolute Gasteiger partial charge is 0.351 e. The van der Waals surface area contributed by atoms with Gasteiger partial charge in [0.15, 0.2) is 0 Å². The molecule has 1 amide bonds. The summed E-state index contributed by atoms with van der Waals surface area (Å²) in [4.78, 5) is 11.9. The zero-order valence-electron chi connectivity index (χ0n) is 9.45. The molecule has 17 heavy (non-hydrogen) atoms. The predicted octanol–water partition coefficient (Wildman–Crippen LogP) is 1.56. The fourth-order valence-electron chi connectivity index (χ4n) is 2.58. The first-order chi connectivity index (χ1) is 8.24. The molecular formula is C13H15ClN2O. The van der Waals surface area contributed by atoms with E-state index in [1.807, 2.05) is 24.3 Å². The second-order valence-corrected chi connectivity index (χ2v) is 5.33. The van der Waals surface area contributed by atoms with E-state index in [-0.39, 0.29) is 11.9 Å². The molecule has 0 aromatic heterocycles. The first-order valence-corrected chi connectivity index (χ1v) is 6.37. The van der Waals surface area contributed by atoms with Crippen molar-refractivity contribution < 1.29 is 4.79 Å². The van der Waals surface area contributed by atoms with Gasteiger partial charge >= 0.3 is 0 Å². The molecule has 0 radical (unpaired) electrons. The molecule has 1 aromatic carbocycles. The number of piperidine rings is 1. The maximum absolute atomic E-state index is 11.9. The van der Waals surface area contributed by atoms with Crippen LogP contribution in [0.4, 0.5) is 0 Å². The topological polar surface area (TPSA) is 41.1 Å². The van der Waals surface area contributed by atoms with Gasteiger partial charge in [0.25, 0.3) is 0 Å². The standard InChI is InChI=1S/C13H15ClN2O/c14-10-3-1-2-8(4-10)6-16-13(17)12-11-5-9(11)7-15-12/h1-4,9,11-12,15H,5-7H2,(H,16,17). The number of carbonyl (C=O) groups excluding carboxylic acids is 1. The summed E-state index contributed by atoms with van der Waals surface area (Å²) in [7, 11) is 0. The Morgan fingerprint density at radius 3 is 3.06 bits per heavy atom. The Morgan fingerprint density at radius 1 is 1.53 bits per heavy atom. The Kier molecular flexibility index (Phi) is 2.81. The minimum absolute atomic E-state index is 0.0270. The van der Waals surface area contributed by atoms with Crippen molar-refractivity contribution in [1.29, 1.82) is 0 Å². The normalized spacial score (nSPS) is 29.8. The first kappa shape index (κ1) is 11.1. The minimum Gasteiger partial charge on any atom is -0.351 e.